The van der Waals surface area contributed by atoms with Gasteiger partial charge in [0, 0.05) is 23.5 Å². The number of hydrogen-bond donors (Lipinski definition) is 4. The first-order chi connectivity index (χ1) is 15.6. The van der Waals surface area contributed by atoms with Crippen molar-refractivity contribution >= 4 is 23.4 Å². The summed E-state index contributed by atoms with van der Waals surface area (Å²) in [6.07, 6.45) is 2.67. The minimum atomic E-state index is -0.179. The number of rotatable bonds is 10. The Hall–Kier alpha value is -3.02. The standard InChI is InChI=1S/C27H40N4O2/c1-18(2)15-20(5)28-26(32)30-24-11-7-22(8-12-24)17-23-9-13-25(14-10-23)31-27(33)29-21(6)16-19(3)4/h7-14,18-21H,15-17H2,1-6H3,(H2,28,30,32)(H2,29,31,33). The summed E-state index contributed by atoms with van der Waals surface area (Å²) in [6, 6.07) is 15.6. The Morgan fingerprint density at radius 1 is 0.606 bits per heavy atom. The van der Waals surface area contributed by atoms with Gasteiger partial charge in [-0.2, -0.15) is 0 Å². The van der Waals surface area contributed by atoms with Gasteiger partial charge in [0.2, 0.25) is 0 Å². The van der Waals surface area contributed by atoms with Crippen LogP contribution < -0.4 is 21.3 Å². The summed E-state index contributed by atoms with van der Waals surface area (Å²) in [5.74, 6) is 1.08. The molecule has 0 bridgehead atoms. The zero-order valence-corrected chi connectivity index (χ0v) is 20.9. The predicted molar refractivity (Wildman–Crippen MR) is 138 cm³/mol. The molecular formula is C27H40N4O2. The second kappa shape index (κ2) is 12.9. The Balaban J connectivity index is 1.82. The van der Waals surface area contributed by atoms with E-state index in [0.717, 1.165) is 41.8 Å². The molecule has 33 heavy (non-hydrogen) atoms. The zero-order chi connectivity index (χ0) is 24.4. The number of amides is 4. The molecule has 6 nitrogen and oxygen atoms in total. The quantitative estimate of drug-likeness (QED) is 0.337. The molecule has 2 unspecified atom stereocenters. The molecule has 2 atom stereocenters. The van der Waals surface area contributed by atoms with Crippen LogP contribution in [0.25, 0.3) is 0 Å². The van der Waals surface area contributed by atoms with E-state index in [1.165, 1.54) is 0 Å². The van der Waals surface area contributed by atoms with E-state index in [9.17, 15) is 9.59 Å². The third-order valence-electron chi connectivity index (χ3n) is 5.24. The molecule has 0 saturated carbocycles. The molecule has 180 valence electrons. The smallest absolute Gasteiger partial charge is 0.319 e. The molecule has 6 heteroatoms. The summed E-state index contributed by atoms with van der Waals surface area (Å²) in [5, 5.41) is 11.7. The van der Waals surface area contributed by atoms with Crippen molar-refractivity contribution in [2.75, 3.05) is 10.6 Å². The van der Waals surface area contributed by atoms with Crippen molar-refractivity contribution in [1.82, 2.24) is 10.6 Å². The average Bonchev–Trinajstić information content (AvgIpc) is 2.69. The molecule has 0 spiro atoms. The van der Waals surface area contributed by atoms with E-state index in [2.05, 4.69) is 49.0 Å². The van der Waals surface area contributed by atoms with Crippen molar-refractivity contribution in [1.29, 1.82) is 0 Å². The molecule has 0 fully saturated rings. The highest BCUT2D eigenvalue weighted by Crippen LogP contribution is 2.16. The highest BCUT2D eigenvalue weighted by Gasteiger charge is 2.10. The van der Waals surface area contributed by atoms with Crippen LogP contribution in [0.5, 0.6) is 0 Å². The van der Waals surface area contributed by atoms with Crippen LogP contribution in [0.15, 0.2) is 48.5 Å². The maximum atomic E-state index is 12.1. The Labute approximate surface area is 198 Å². The molecule has 0 aliphatic carbocycles. The lowest BCUT2D eigenvalue weighted by Crippen LogP contribution is -2.36. The van der Waals surface area contributed by atoms with Gasteiger partial charge < -0.3 is 21.3 Å². The van der Waals surface area contributed by atoms with Crippen LogP contribution in [0.4, 0.5) is 21.0 Å². The normalized spacial score (nSPS) is 12.8. The van der Waals surface area contributed by atoms with Gasteiger partial charge in [0.1, 0.15) is 0 Å². The molecule has 0 saturated heterocycles. The first kappa shape index (κ1) is 26.2. The predicted octanol–water partition coefficient (Wildman–Crippen LogP) is 6.39. The Morgan fingerprint density at radius 2 is 0.939 bits per heavy atom. The van der Waals surface area contributed by atoms with Crippen LogP contribution in [0, 0.1) is 11.8 Å². The summed E-state index contributed by atoms with van der Waals surface area (Å²) in [6.45, 7) is 12.6. The van der Waals surface area contributed by atoms with E-state index in [4.69, 9.17) is 0 Å². The molecule has 0 aromatic heterocycles. The third kappa shape index (κ3) is 10.4. The van der Waals surface area contributed by atoms with Gasteiger partial charge >= 0.3 is 12.1 Å². The number of urea groups is 2. The van der Waals surface area contributed by atoms with Crippen LogP contribution in [0.2, 0.25) is 0 Å². The lowest BCUT2D eigenvalue weighted by molar-refractivity contribution is 0.246. The third-order valence-corrected chi connectivity index (χ3v) is 5.24. The maximum Gasteiger partial charge on any atom is 0.319 e. The van der Waals surface area contributed by atoms with Gasteiger partial charge in [-0.15, -0.1) is 0 Å². The summed E-state index contributed by atoms with van der Waals surface area (Å²) in [4.78, 5) is 24.3. The summed E-state index contributed by atoms with van der Waals surface area (Å²) in [7, 11) is 0. The zero-order valence-electron chi connectivity index (χ0n) is 20.9. The number of hydrogen-bond acceptors (Lipinski definition) is 2. The molecule has 0 aliphatic heterocycles. The van der Waals surface area contributed by atoms with E-state index in [1.807, 2.05) is 62.4 Å². The number of nitrogens with one attached hydrogen (secondary N) is 4. The average molecular weight is 453 g/mol. The largest absolute Gasteiger partial charge is 0.335 e. The molecule has 0 heterocycles. The van der Waals surface area contributed by atoms with Gasteiger partial charge in [0.15, 0.2) is 0 Å². The molecular weight excluding hydrogens is 412 g/mol. The van der Waals surface area contributed by atoms with Gasteiger partial charge in [-0.05, 0) is 80.3 Å². The van der Waals surface area contributed by atoms with Gasteiger partial charge in [-0.1, -0.05) is 52.0 Å². The molecule has 4 N–H and O–H groups in total. The molecule has 4 amide bonds. The van der Waals surface area contributed by atoms with Crippen LogP contribution in [-0.4, -0.2) is 24.1 Å². The molecule has 0 aliphatic rings. The minimum Gasteiger partial charge on any atom is -0.335 e. The van der Waals surface area contributed by atoms with Crippen LogP contribution in [0.3, 0.4) is 0 Å². The van der Waals surface area contributed by atoms with E-state index < -0.39 is 0 Å². The van der Waals surface area contributed by atoms with Crippen molar-refractivity contribution < 1.29 is 9.59 Å². The number of anilines is 2. The Kier molecular flexibility index (Phi) is 10.2. The molecule has 0 radical (unpaired) electrons. The highest BCUT2D eigenvalue weighted by molar-refractivity contribution is 5.90. The topological polar surface area (TPSA) is 82.3 Å². The van der Waals surface area contributed by atoms with E-state index >= 15 is 0 Å². The number of benzene rings is 2. The number of carbonyl (C=O) groups is 2. The van der Waals surface area contributed by atoms with Crippen molar-refractivity contribution in [3.63, 3.8) is 0 Å². The van der Waals surface area contributed by atoms with E-state index in [1.54, 1.807) is 0 Å². The fourth-order valence-corrected chi connectivity index (χ4v) is 3.96. The second-order valence-electron chi connectivity index (χ2n) is 9.83. The molecule has 2 rings (SSSR count). The SMILES string of the molecule is CC(C)CC(C)NC(=O)Nc1ccc(Cc2ccc(NC(=O)NC(C)CC(C)C)cc2)cc1. The summed E-state index contributed by atoms with van der Waals surface area (Å²) < 4.78 is 0. The minimum absolute atomic E-state index is 0.135. The lowest BCUT2D eigenvalue weighted by Gasteiger charge is -2.16. The second-order valence-corrected chi connectivity index (χ2v) is 9.83. The van der Waals surface area contributed by atoms with Crippen molar-refractivity contribution in [2.45, 2.75) is 72.9 Å². The fraction of sp³-hybridized carbons (Fsp3) is 0.481. The Bertz CT molecular complexity index is 802. The Morgan fingerprint density at radius 3 is 1.24 bits per heavy atom. The highest BCUT2D eigenvalue weighted by atomic mass is 16.2. The van der Waals surface area contributed by atoms with Crippen molar-refractivity contribution in [2.24, 2.45) is 11.8 Å². The first-order valence-corrected chi connectivity index (χ1v) is 11.9. The van der Waals surface area contributed by atoms with Gasteiger partial charge in [-0.25, -0.2) is 9.59 Å². The lowest BCUT2D eigenvalue weighted by atomic mass is 10.0. The van der Waals surface area contributed by atoms with Gasteiger partial charge in [0.05, 0.1) is 0 Å². The number of carbonyl (C=O) groups excluding carboxylic acids is 2. The van der Waals surface area contributed by atoms with E-state index in [-0.39, 0.29) is 24.1 Å². The summed E-state index contributed by atoms with van der Waals surface area (Å²) >= 11 is 0. The van der Waals surface area contributed by atoms with E-state index in [0.29, 0.717) is 11.8 Å². The van der Waals surface area contributed by atoms with Crippen molar-refractivity contribution in [3.8, 4) is 0 Å². The van der Waals surface area contributed by atoms with Gasteiger partial charge in [-0.3, -0.25) is 0 Å². The molecule has 2 aromatic rings. The fourth-order valence-electron chi connectivity index (χ4n) is 3.96. The van der Waals surface area contributed by atoms with Gasteiger partial charge in [0.25, 0.3) is 0 Å². The summed E-state index contributed by atoms with van der Waals surface area (Å²) in [5.41, 5.74) is 3.83. The van der Waals surface area contributed by atoms with Crippen LogP contribution in [0.1, 0.15) is 65.5 Å². The maximum absolute atomic E-state index is 12.1. The van der Waals surface area contributed by atoms with Crippen molar-refractivity contribution in [3.05, 3.63) is 59.7 Å². The van der Waals surface area contributed by atoms with Crippen LogP contribution >= 0.6 is 0 Å². The first-order valence-electron chi connectivity index (χ1n) is 11.9. The van der Waals surface area contributed by atoms with Crippen LogP contribution in [-0.2, 0) is 6.42 Å². The molecule has 2 aromatic carbocycles. The monoisotopic (exact) mass is 452 g/mol.